The van der Waals surface area contributed by atoms with Crippen molar-refractivity contribution in [2.24, 2.45) is 0 Å². The first-order valence-electron chi connectivity index (χ1n) is 6.66. The highest BCUT2D eigenvalue weighted by Gasteiger charge is 2.21. The van der Waals surface area contributed by atoms with E-state index in [1.807, 2.05) is 0 Å². The van der Waals surface area contributed by atoms with Gasteiger partial charge in [0.15, 0.2) is 0 Å². The minimum atomic E-state index is -0.875. The van der Waals surface area contributed by atoms with Gasteiger partial charge in [-0.15, -0.1) is 0 Å². The van der Waals surface area contributed by atoms with Crippen molar-refractivity contribution in [3.05, 3.63) is 34.6 Å². The Bertz CT molecular complexity index is 553. The largest absolute Gasteiger partial charge is 0.480 e. The molecule has 0 bridgehead atoms. The van der Waals surface area contributed by atoms with Crippen LogP contribution in [0.2, 0.25) is 5.02 Å². The number of amides is 1. The van der Waals surface area contributed by atoms with E-state index in [4.69, 9.17) is 16.7 Å². The Morgan fingerprint density at radius 2 is 2.00 bits per heavy atom. The number of aliphatic carboxylic acids is 1. The number of hydrogen-bond donors (Lipinski definition) is 1. The van der Waals surface area contributed by atoms with Gasteiger partial charge in [-0.1, -0.05) is 11.6 Å². The summed E-state index contributed by atoms with van der Waals surface area (Å²) in [5.74, 6) is -1.65. The van der Waals surface area contributed by atoms with Crippen LogP contribution in [0.5, 0.6) is 0 Å². The molecule has 114 valence electrons. The Balaban J connectivity index is 2.02. The predicted octanol–water partition coefficient (Wildman–Crippen LogP) is 1.71. The van der Waals surface area contributed by atoms with Crippen LogP contribution in [0, 0.1) is 5.82 Å². The molecule has 1 amide bonds. The zero-order chi connectivity index (χ0) is 15.4. The molecule has 7 heteroatoms. The monoisotopic (exact) mass is 314 g/mol. The number of carbonyl (C=O) groups excluding carboxylic acids is 1. The molecule has 1 aliphatic rings. The van der Waals surface area contributed by atoms with Crippen LogP contribution in [-0.2, 0) is 4.79 Å². The van der Waals surface area contributed by atoms with E-state index in [0.717, 1.165) is 0 Å². The fraction of sp³-hybridized carbons (Fsp3) is 0.429. The molecule has 1 heterocycles. The number of benzene rings is 1. The molecule has 1 aromatic rings. The molecule has 1 aliphatic heterocycles. The lowest BCUT2D eigenvalue weighted by molar-refractivity contribution is -0.138. The molecule has 2 rings (SSSR count). The molecule has 1 fully saturated rings. The Kier molecular flexibility index (Phi) is 5.14. The molecule has 0 atom stereocenters. The summed E-state index contributed by atoms with van der Waals surface area (Å²) in [6.07, 6.45) is 0.702. The molecule has 0 aliphatic carbocycles. The maximum absolute atomic E-state index is 13.1. The van der Waals surface area contributed by atoms with Gasteiger partial charge in [0.25, 0.3) is 5.91 Å². The van der Waals surface area contributed by atoms with Crippen molar-refractivity contribution in [2.75, 3.05) is 32.7 Å². The predicted molar refractivity (Wildman–Crippen MR) is 76.0 cm³/mol. The van der Waals surface area contributed by atoms with Crippen molar-refractivity contribution in [3.63, 3.8) is 0 Å². The van der Waals surface area contributed by atoms with Gasteiger partial charge in [-0.25, -0.2) is 4.39 Å². The zero-order valence-electron chi connectivity index (χ0n) is 11.4. The Labute approximate surface area is 126 Å². The number of rotatable bonds is 3. The van der Waals surface area contributed by atoms with Gasteiger partial charge in [-0.05, 0) is 24.6 Å². The van der Waals surface area contributed by atoms with Crippen LogP contribution < -0.4 is 0 Å². The second-order valence-electron chi connectivity index (χ2n) is 4.94. The highest BCUT2D eigenvalue weighted by molar-refractivity contribution is 6.31. The number of carbonyl (C=O) groups is 2. The van der Waals surface area contributed by atoms with E-state index in [1.54, 1.807) is 9.80 Å². The van der Waals surface area contributed by atoms with Gasteiger partial charge in [-0.3, -0.25) is 14.5 Å². The SMILES string of the molecule is O=C(O)CN1CCCN(C(=O)c2ccc(F)c(Cl)c2)CC1. The lowest BCUT2D eigenvalue weighted by atomic mass is 10.2. The van der Waals surface area contributed by atoms with E-state index in [2.05, 4.69) is 0 Å². The third-order valence-corrected chi connectivity index (χ3v) is 3.69. The van der Waals surface area contributed by atoms with Crippen molar-refractivity contribution < 1.29 is 19.1 Å². The molecule has 5 nitrogen and oxygen atoms in total. The van der Waals surface area contributed by atoms with E-state index in [0.29, 0.717) is 38.2 Å². The second kappa shape index (κ2) is 6.87. The van der Waals surface area contributed by atoms with Gasteiger partial charge in [0.2, 0.25) is 0 Å². The van der Waals surface area contributed by atoms with Crippen LogP contribution in [0.4, 0.5) is 4.39 Å². The molecule has 21 heavy (non-hydrogen) atoms. The van der Waals surface area contributed by atoms with Crippen LogP contribution in [0.25, 0.3) is 0 Å². The first-order valence-corrected chi connectivity index (χ1v) is 7.03. The van der Waals surface area contributed by atoms with Crippen LogP contribution >= 0.6 is 11.6 Å². The molecule has 1 aromatic carbocycles. The average molecular weight is 315 g/mol. The first kappa shape index (κ1) is 15.7. The van der Waals surface area contributed by atoms with Gasteiger partial charge in [0.1, 0.15) is 5.82 Å². The Hall–Kier alpha value is -1.66. The van der Waals surface area contributed by atoms with E-state index >= 15 is 0 Å². The van der Waals surface area contributed by atoms with Gasteiger partial charge < -0.3 is 10.0 Å². The van der Waals surface area contributed by atoms with E-state index in [-0.39, 0.29) is 17.5 Å². The fourth-order valence-electron chi connectivity index (χ4n) is 2.34. The summed E-state index contributed by atoms with van der Waals surface area (Å²) in [4.78, 5) is 26.5. The van der Waals surface area contributed by atoms with Crippen LogP contribution in [0.15, 0.2) is 18.2 Å². The van der Waals surface area contributed by atoms with Gasteiger partial charge in [-0.2, -0.15) is 0 Å². The van der Waals surface area contributed by atoms with Crippen molar-refractivity contribution >= 4 is 23.5 Å². The molecular formula is C14H16ClFN2O3. The summed E-state index contributed by atoms with van der Waals surface area (Å²) in [7, 11) is 0. The second-order valence-corrected chi connectivity index (χ2v) is 5.35. The average Bonchev–Trinajstić information content (AvgIpc) is 2.66. The summed E-state index contributed by atoms with van der Waals surface area (Å²) in [5, 5.41) is 8.71. The third-order valence-electron chi connectivity index (χ3n) is 3.40. The van der Waals surface area contributed by atoms with Crippen LogP contribution in [0.3, 0.4) is 0 Å². The van der Waals surface area contributed by atoms with Crippen molar-refractivity contribution in [2.45, 2.75) is 6.42 Å². The lowest BCUT2D eigenvalue weighted by Gasteiger charge is -2.21. The highest BCUT2D eigenvalue weighted by Crippen LogP contribution is 2.18. The maximum Gasteiger partial charge on any atom is 0.317 e. The smallest absolute Gasteiger partial charge is 0.317 e. The summed E-state index contributed by atoms with van der Waals surface area (Å²) < 4.78 is 13.1. The molecular weight excluding hydrogens is 299 g/mol. The molecule has 0 saturated carbocycles. The van der Waals surface area contributed by atoms with E-state index in [9.17, 15) is 14.0 Å². The van der Waals surface area contributed by atoms with Crippen LogP contribution in [0.1, 0.15) is 16.8 Å². The quantitative estimate of drug-likeness (QED) is 0.922. The van der Waals surface area contributed by atoms with Gasteiger partial charge >= 0.3 is 5.97 Å². The topological polar surface area (TPSA) is 60.9 Å². The Morgan fingerprint density at radius 1 is 1.24 bits per heavy atom. The molecule has 1 saturated heterocycles. The minimum Gasteiger partial charge on any atom is -0.480 e. The number of halogens is 2. The standard InChI is InChI=1S/C14H16ClFN2O3/c15-11-8-10(2-3-12(11)16)14(21)18-5-1-4-17(6-7-18)9-13(19)20/h2-3,8H,1,4-7,9H2,(H,19,20). The van der Waals surface area contributed by atoms with Gasteiger partial charge in [0.05, 0.1) is 11.6 Å². The number of carboxylic acid groups (broad SMARTS) is 1. The number of hydrogen-bond acceptors (Lipinski definition) is 3. The fourth-order valence-corrected chi connectivity index (χ4v) is 2.52. The number of carboxylic acids is 1. The highest BCUT2D eigenvalue weighted by atomic mass is 35.5. The minimum absolute atomic E-state index is 0.0234. The van der Waals surface area contributed by atoms with Crippen LogP contribution in [-0.4, -0.2) is 59.5 Å². The zero-order valence-corrected chi connectivity index (χ0v) is 12.1. The summed E-state index contributed by atoms with van der Waals surface area (Å²) in [6.45, 7) is 2.11. The normalized spacial score (nSPS) is 16.6. The summed E-state index contributed by atoms with van der Waals surface area (Å²) in [6, 6.07) is 3.90. The van der Waals surface area contributed by atoms with E-state index < -0.39 is 11.8 Å². The van der Waals surface area contributed by atoms with Gasteiger partial charge in [0, 0.05) is 31.7 Å². The van der Waals surface area contributed by atoms with E-state index in [1.165, 1.54) is 18.2 Å². The van der Waals surface area contributed by atoms with Crippen molar-refractivity contribution in [1.82, 2.24) is 9.80 Å². The Morgan fingerprint density at radius 3 is 2.67 bits per heavy atom. The number of nitrogens with zero attached hydrogens (tertiary/aromatic N) is 2. The molecule has 0 radical (unpaired) electrons. The maximum atomic E-state index is 13.1. The van der Waals surface area contributed by atoms with Crippen molar-refractivity contribution in [3.8, 4) is 0 Å². The third kappa shape index (κ3) is 4.15. The summed E-state index contributed by atoms with van der Waals surface area (Å²) in [5.41, 5.74) is 0.341. The molecule has 1 N–H and O–H groups in total. The molecule has 0 unspecified atom stereocenters. The lowest BCUT2D eigenvalue weighted by Crippen LogP contribution is -2.36. The molecule has 0 spiro atoms. The molecule has 0 aromatic heterocycles. The summed E-state index contributed by atoms with van der Waals surface area (Å²) >= 11 is 5.69. The van der Waals surface area contributed by atoms with Crippen molar-refractivity contribution in [1.29, 1.82) is 0 Å². The first-order chi connectivity index (χ1) is 9.97.